The molecule has 4 nitrogen and oxygen atoms in total. The molecule has 1 aromatic carbocycles. The molecule has 0 aliphatic rings. The first kappa shape index (κ1) is 25.8. The van der Waals surface area contributed by atoms with Gasteiger partial charge in [0.2, 0.25) is 0 Å². The van der Waals surface area contributed by atoms with Crippen molar-refractivity contribution in [2.24, 2.45) is 0 Å². The molecule has 0 bridgehead atoms. The molecule has 3 aromatic rings. The number of halogens is 3. The second-order valence-electron chi connectivity index (χ2n) is 5.05. The van der Waals surface area contributed by atoms with E-state index in [9.17, 15) is 23.1 Å². The van der Waals surface area contributed by atoms with E-state index in [1.54, 1.807) is 31.2 Å². The van der Waals surface area contributed by atoms with Crippen LogP contribution in [0, 0.1) is 14.4 Å². The Bertz CT molecular complexity index is 952. The SMILES string of the molecule is CC.Cc1ccccc1-c1c(O)c2scnc2n(CC(F)(F)F)c1=O.[CH3-].[Y]. The number of aryl methyl sites for hydroxylation is 1. The molecule has 0 amide bonds. The smallest absolute Gasteiger partial charge is 0.406 e. The Morgan fingerprint density at radius 1 is 1.22 bits per heavy atom. The van der Waals surface area contributed by atoms with E-state index in [2.05, 4.69) is 4.98 Å². The molecule has 0 unspecified atom stereocenters. The summed E-state index contributed by atoms with van der Waals surface area (Å²) in [6.45, 7) is 4.27. The van der Waals surface area contributed by atoms with E-state index in [1.807, 2.05) is 13.8 Å². The maximum absolute atomic E-state index is 12.8. The van der Waals surface area contributed by atoms with E-state index in [0.29, 0.717) is 15.7 Å². The maximum Gasteiger partial charge on any atom is 0.406 e. The van der Waals surface area contributed by atoms with Crippen LogP contribution < -0.4 is 5.56 Å². The van der Waals surface area contributed by atoms with Crippen LogP contribution in [-0.2, 0) is 39.3 Å². The third kappa shape index (κ3) is 5.39. The normalized spacial score (nSPS) is 10.4. The number of thiazole rings is 1. The molecular formula is C18H20F3N2O2SY-. The zero-order chi connectivity index (χ0) is 18.8. The van der Waals surface area contributed by atoms with E-state index in [0.717, 1.165) is 11.3 Å². The van der Waals surface area contributed by atoms with E-state index in [1.165, 1.54) is 5.51 Å². The fraction of sp³-hybridized carbons (Fsp3) is 0.278. The molecule has 0 saturated carbocycles. The molecule has 0 aliphatic heterocycles. The van der Waals surface area contributed by atoms with Gasteiger partial charge in [-0.25, -0.2) is 4.98 Å². The Kier molecular flexibility index (Phi) is 9.86. The summed E-state index contributed by atoms with van der Waals surface area (Å²) >= 11 is 0.989. The van der Waals surface area contributed by atoms with E-state index in [4.69, 9.17) is 0 Å². The van der Waals surface area contributed by atoms with Crippen molar-refractivity contribution in [3.63, 3.8) is 0 Å². The van der Waals surface area contributed by atoms with E-state index >= 15 is 0 Å². The first-order chi connectivity index (χ1) is 11.8. The molecular weight excluding hydrogens is 454 g/mol. The summed E-state index contributed by atoms with van der Waals surface area (Å²) in [6.07, 6.45) is -4.57. The molecule has 27 heavy (non-hydrogen) atoms. The third-order valence-corrected chi connectivity index (χ3v) is 4.29. The van der Waals surface area contributed by atoms with Crippen LogP contribution in [0.25, 0.3) is 21.5 Å². The topological polar surface area (TPSA) is 55.1 Å². The van der Waals surface area contributed by atoms with Gasteiger partial charge >= 0.3 is 6.18 Å². The number of pyridine rings is 1. The molecule has 0 aliphatic carbocycles. The molecule has 1 N–H and O–H groups in total. The Balaban J connectivity index is 0.00000164. The second kappa shape index (κ2) is 10.3. The number of rotatable bonds is 2. The van der Waals surface area contributed by atoms with Gasteiger partial charge in [-0.1, -0.05) is 38.1 Å². The summed E-state index contributed by atoms with van der Waals surface area (Å²) in [5.41, 5.74) is 1.19. The van der Waals surface area contributed by atoms with E-state index in [-0.39, 0.29) is 61.8 Å². The zero-order valence-corrected chi connectivity index (χ0v) is 19.1. The fourth-order valence-corrected chi connectivity index (χ4v) is 3.20. The Hall–Kier alpha value is -1.25. The van der Waals surface area contributed by atoms with Crippen LogP contribution in [0.1, 0.15) is 19.4 Å². The number of hydrogen-bond donors (Lipinski definition) is 1. The summed E-state index contributed by atoms with van der Waals surface area (Å²) in [5.74, 6) is -0.333. The number of aromatic nitrogens is 2. The van der Waals surface area contributed by atoms with Gasteiger partial charge in [0, 0.05) is 32.7 Å². The molecule has 145 valence electrons. The first-order valence-electron chi connectivity index (χ1n) is 7.61. The van der Waals surface area contributed by atoms with Gasteiger partial charge in [-0.15, -0.1) is 11.3 Å². The van der Waals surface area contributed by atoms with Crippen LogP contribution in [0.3, 0.4) is 0 Å². The van der Waals surface area contributed by atoms with Crippen molar-refractivity contribution in [3.8, 4) is 16.9 Å². The number of aromatic hydroxyl groups is 1. The third-order valence-electron chi connectivity index (χ3n) is 3.47. The number of hydrogen-bond acceptors (Lipinski definition) is 4. The van der Waals surface area contributed by atoms with Crippen LogP contribution in [0.5, 0.6) is 5.75 Å². The molecule has 2 heterocycles. The van der Waals surface area contributed by atoms with Crippen LogP contribution in [0.2, 0.25) is 0 Å². The summed E-state index contributed by atoms with van der Waals surface area (Å²) in [7, 11) is 0. The van der Waals surface area contributed by atoms with Gasteiger partial charge in [-0.2, -0.15) is 13.2 Å². The molecule has 0 fully saturated rings. The molecule has 2 aromatic heterocycles. The second-order valence-corrected chi connectivity index (χ2v) is 5.90. The van der Waals surface area contributed by atoms with Crippen LogP contribution in [0.15, 0.2) is 34.6 Å². The van der Waals surface area contributed by atoms with Crippen molar-refractivity contribution in [2.75, 3.05) is 0 Å². The van der Waals surface area contributed by atoms with Gasteiger partial charge < -0.3 is 12.5 Å². The van der Waals surface area contributed by atoms with Gasteiger partial charge in [0.1, 0.15) is 17.0 Å². The quantitative estimate of drug-likeness (QED) is 0.522. The minimum Gasteiger partial charge on any atom is -0.505 e. The summed E-state index contributed by atoms with van der Waals surface area (Å²) in [5, 5.41) is 10.4. The standard InChI is InChI=1S/C15H11F3N2O2S.C2H6.CH3.Y/c1-8-4-2-3-5-9(8)10-11(21)12-13(19-7-23-12)20(14(10)22)6-15(16,17)18;1-2;;/h2-5,7,21H,6H2,1H3;1-2H3;1H3;/q;;-1;. The summed E-state index contributed by atoms with van der Waals surface area (Å²) < 4.78 is 39.2. The van der Waals surface area contributed by atoms with Gasteiger partial charge in [-0.3, -0.25) is 9.36 Å². The number of alkyl halides is 3. The van der Waals surface area contributed by atoms with Crippen molar-refractivity contribution < 1.29 is 51.0 Å². The molecule has 3 rings (SSSR count). The number of nitrogens with zero attached hydrogens (tertiary/aromatic N) is 2. The fourth-order valence-electron chi connectivity index (χ4n) is 2.46. The minimum atomic E-state index is -4.57. The number of benzene rings is 1. The van der Waals surface area contributed by atoms with Crippen molar-refractivity contribution in [1.82, 2.24) is 9.55 Å². The minimum absolute atomic E-state index is 0. The summed E-state index contributed by atoms with van der Waals surface area (Å²) in [4.78, 5) is 16.4. The largest absolute Gasteiger partial charge is 0.505 e. The maximum atomic E-state index is 12.8. The average molecular weight is 474 g/mol. The Labute approximate surface area is 184 Å². The van der Waals surface area contributed by atoms with Gasteiger partial charge in [0.15, 0.2) is 5.65 Å². The van der Waals surface area contributed by atoms with Crippen molar-refractivity contribution in [3.05, 3.63) is 53.1 Å². The van der Waals surface area contributed by atoms with Crippen LogP contribution >= 0.6 is 11.3 Å². The monoisotopic (exact) mass is 474 g/mol. The van der Waals surface area contributed by atoms with E-state index < -0.39 is 18.3 Å². The van der Waals surface area contributed by atoms with Gasteiger partial charge in [-0.05, 0) is 18.1 Å². The van der Waals surface area contributed by atoms with Crippen molar-refractivity contribution in [1.29, 1.82) is 0 Å². The molecule has 0 atom stereocenters. The summed E-state index contributed by atoms with van der Waals surface area (Å²) in [6, 6.07) is 6.72. The first-order valence-corrected chi connectivity index (χ1v) is 8.49. The average Bonchev–Trinajstić information content (AvgIpc) is 3.04. The van der Waals surface area contributed by atoms with Crippen LogP contribution in [-0.4, -0.2) is 20.8 Å². The molecule has 9 heteroatoms. The molecule has 0 spiro atoms. The predicted molar refractivity (Wildman–Crippen MR) is 99.5 cm³/mol. The predicted octanol–water partition coefficient (Wildman–Crippen LogP) is 5.18. The van der Waals surface area contributed by atoms with Crippen molar-refractivity contribution >= 4 is 21.7 Å². The Morgan fingerprint density at radius 2 is 1.81 bits per heavy atom. The van der Waals surface area contributed by atoms with Gasteiger partial charge in [0.05, 0.1) is 11.1 Å². The van der Waals surface area contributed by atoms with Crippen molar-refractivity contribution in [2.45, 2.75) is 33.5 Å². The van der Waals surface area contributed by atoms with Crippen LogP contribution in [0.4, 0.5) is 13.2 Å². The zero-order valence-electron chi connectivity index (χ0n) is 15.5. The van der Waals surface area contributed by atoms with Gasteiger partial charge in [0.25, 0.3) is 5.56 Å². The molecule has 1 radical (unpaired) electrons. The molecule has 0 saturated heterocycles. The Morgan fingerprint density at radius 3 is 2.37 bits per heavy atom. The number of fused-ring (bicyclic) bond motifs is 1.